The Hall–Kier alpha value is -0.890. The molecule has 0 aromatic heterocycles. The van der Waals surface area contributed by atoms with Crippen LogP contribution < -0.4 is 0 Å². The van der Waals surface area contributed by atoms with Crippen LogP contribution >= 0.6 is 0 Å². The van der Waals surface area contributed by atoms with Gasteiger partial charge in [-0.3, -0.25) is 4.79 Å². The van der Waals surface area contributed by atoms with Gasteiger partial charge in [0.15, 0.2) is 5.78 Å². The third kappa shape index (κ3) is 1.59. The number of methoxy groups -OCH3 is 1. The smallest absolute Gasteiger partial charge is 0.159 e. The molecule has 1 atom stereocenters. The Kier molecular flexibility index (Phi) is 2.32. The van der Waals surface area contributed by atoms with E-state index in [1.54, 1.807) is 13.2 Å². The van der Waals surface area contributed by atoms with Gasteiger partial charge in [-0.1, -0.05) is 11.6 Å². The zero-order chi connectivity index (χ0) is 9.26. The molecule has 0 aromatic rings. The summed E-state index contributed by atoms with van der Waals surface area (Å²) in [6.07, 6.45) is 7.78. The lowest BCUT2D eigenvalue weighted by Crippen LogP contribution is -2.21. The third-order valence-corrected chi connectivity index (χ3v) is 2.82. The minimum Gasteiger partial charge on any atom is -0.377 e. The topological polar surface area (TPSA) is 26.3 Å². The lowest BCUT2D eigenvalue weighted by molar-refractivity contribution is -0.114. The van der Waals surface area contributed by atoms with E-state index in [2.05, 4.69) is 0 Å². The normalized spacial score (nSPS) is 27.8. The number of carbonyl (C=O) groups is 1. The number of carbonyl (C=O) groups excluding carboxylic acids is 1. The molecule has 0 fully saturated rings. The summed E-state index contributed by atoms with van der Waals surface area (Å²) in [6.45, 7) is 0. The van der Waals surface area contributed by atoms with Crippen LogP contribution in [-0.2, 0) is 9.53 Å². The predicted octanol–water partition coefficient (Wildman–Crippen LogP) is 2.01. The van der Waals surface area contributed by atoms with Crippen molar-refractivity contribution in [1.29, 1.82) is 0 Å². The van der Waals surface area contributed by atoms with Crippen molar-refractivity contribution in [3.8, 4) is 0 Å². The lowest BCUT2D eigenvalue weighted by Gasteiger charge is -2.27. The van der Waals surface area contributed by atoms with Gasteiger partial charge in [-0.15, -0.1) is 0 Å². The molecule has 13 heavy (non-hydrogen) atoms. The second-order valence-corrected chi connectivity index (χ2v) is 3.65. The molecule has 0 radical (unpaired) electrons. The van der Waals surface area contributed by atoms with Gasteiger partial charge >= 0.3 is 0 Å². The quantitative estimate of drug-likeness (QED) is 0.614. The van der Waals surface area contributed by atoms with Gasteiger partial charge in [0.2, 0.25) is 0 Å². The Morgan fingerprint density at radius 3 is 3.08 bits per heavy atom. The molecule has 0 aliphatic heterocycles. The monoisotopic (exact) mass is 178 g/mol. The molecular weight excluding hydrogens is 164 g/mol. The number of hydrogen-bond acceptors (Lipinski definition) is 2. The van der Waals surface area contributed by atoms with Crippen molar-refractivity contribution >= 4 is 5.78 Å². The fourth-order valence-corrected chi connectivity index (χ4v) is 2.14. The van der Waals surface area contributed by atoms with Crippen LogP contribution in [0.5, 0.6) is 0 Å². The average Bonchev–Trinajstić information content (AvgIpc) is 2.16. The Balaban J connectivity index is 2.28. The van der Waals surface area contributed by atoms with E-state index >= 15 is 0 Å². The van der Waals surface area contributed by atoms with Crippen molar-refractivity contribution in [2.24, 2.45) is 0 Å². The Bertz CT molecular complexity index is 286. The molecule has 0 aromatic carbocycles. The van der Waals surface area contributed by atoms with Crippen LogP contribution in [0.1, 0.15) is 25.7 Å². The molecule has 0 bridgehead atoms. The fourth-order valence-electron chi connectivity index (χ4n) is 2.14. The van der Waals surface area contributed by atoms with Crippen molar-refractivity contribution in [2.75, 3.05) is 7.11 Å². The number of allylic oxidation sites excluding steroid dienone is 2. The van der Waals surface area contributed by atoms with Crippen LogP contribution in [0.15, 0.2) is 23.3 Å². The maximum atomic E-state index is 11.2. The molecule has 0 saturated carbocycles. The highest BCUT2D eigenvalue weighted by Crippen LogP contribution is 2.32. The molecule has 70 valence electrons. The molecule has 2 aliphatic carbocycles. The minimum absolute atomic E-state index is 0.230. The summed E-state index contributed by atoms with van der Waals surface area (Å²) >= 11 is 0. The highest BCUT2D eigenvalue weighted by Gasteiger charge is 2.24. The van der Waals surface area contributed by atoms with E-state index in [1.807, 2.05) is 6.08 Å². The molecule has 2 heteroatoms. The van der Waals surface area contributed by atoms with E-state index in [1.165, 1.54) is 11.1 Å². The van der Waals surface area contributed by atoms with Gasteiger partial charge in [-0.05, 0) is 30.9 Å². The van der Waals surface area contributed by atoms with Crippen LogP contribution in [0.4, 0.5) is 0 Å². The van der Waals surface area contributed by atoms with Crippen molar-refractivity contribution in [1.82, 2.24) is 0 Å². The van der Waals surface area contributed by atoms with E-state index in [0.717, 1.165) is 19.3 Å². The summed E-state index contributed by atoms with van der Waals surface area (Å²) in [7, 11) is 1.74. The van der Waals surface area contributed by atoms with E-state index in [4.69, 9.17) is 4.74 Å². The largest absolute Gasteiger partial charge is 0.377 e. The Morgan fingerprint density at radius 2 is 2.31 bits per heavy atom. The van der Waals surface area contributed by atoms with Crippen molar-refractivity contribution in [3.05, 3.63) is 23.3 Å². The summed E-state index contributed by atoms with van der Waals surface area (Å²) in [4.78, 5) is 11.2. The molecule has 0 amide bonds. The van der Waals surface area contributed by atoms with Gasteiger partial charge < -0.3 is 4.74 Å². The van der Waals surface area contributed by atoms with E-state index < -0.39 is 0 Å². The number of ketones is 1. The van der Waals surface area contributed by atoms with E-state index in [-0.39, 0.29) is 11.9 Å². The van der Waals surface area contributed by atoms with Gasteiger partial charge in [-0.2, -0.15) is 0 Å². The molecular formula is C11H14O2. The van der Waals surface area contributed by atoms with Gasteiger partial charge in [0.25, 0.3) is 0 Å². The molecule has 2 rings (SSSR count). The van der Waals surface area contributed by atoms with Gasteiger partial charge in [0.05, 0.1) is 6.10 Å². The number of ether oxygens (including phenoxy) is 1. The summed E-state index contributed by atoms with van der Waals surface area (Å²) in [6, 6.07) is 0. The first kappa shape index (κ1) is 8.70. The van der Waals surface area contributed by atoms with Crippen LogP contribution in [0, 0.1) is 0 Å². The first-order chi connectivity index (χ1) is 6.31. The van der Waals surface area contributed by atoms with Crippen LogP contribution in [0.3, 0.4) is 0 Å². The minimum atomic E-state index is 0.230. The second-order valence-electron chi connectivity index (χ2n) is 3.65. The molecule has 0 N–H and O–H groups in total. The summed E-state index contributed by atoms with van der Waals surface area (Å²) < 4.78 is 5.38. The standard InChI is InChI=1S/C11H14O2/c1-13-11-4-2-3-8-7-9(12)5-6-10(8)11/h5-6,11H,2-4,7H2,1H3. The van der Waals surface area contributed by atoms with Gasteiger partial charge in [0, 0.05) is 13.5 Å². The molecule has 0 spiro atoms. The third-order valence-electron chi connectivity index (χ3n) is 2.82. The maximum absolute atomic E-state index is 11.2. The first-order valence-corrected chi connectivity index (χ1v) is 4.77. The molecule has 0 heterocycles. The van der Waals surface area contributed by atoms with Crippen LogP contribution in [-0.4, -0.2) is 19.0 Å². The highest BCUT2D eigenvalue weighted by atomic mass is 16.5. The average molecular weight is 178 g/mol. The van der Waals surface area contributed by atoms with E-state index in [0.29, 0.717) is 6.42 Å². The lowest BCUT2D eigenvalue weighted by atomic mass is 9.84. The predicted molar refractivity (Wildman–Crippen MR) is 50.4 cm³/mol. The van der Waals surface area contributed by atoms with Gasteiger partial charge in [0.1, 0.15) is 0 Å². The summed E-state index contributed by atoms with van der Waals surface area (Å²) in [5, 5.41) is 0. The Morgan fingerprint density at radius 1 is 1.46 bits per heavy atom. The summed E-state index contributed by atoms with van der Waals surface area (Å²) in [5.74, 6) is 0.232. The van der Waals surface area contributed by atoms with Crippen molar-refractivity contribution in [3.63, 3.8) is 0 Å². The molecule has 1 unspecified atom stereocenters. The fraction of sp³-hybridized carbons (Fsp3) is 0.545. The molecule has 0 saturated heterocycles. The van der Waals surface area contributed by atoms with Crippen LogP contribution in [0.2, 0.25) is 0 Å². The van der Waals surface area contributed by atoms with Crippen molar-refractivity contribution < 1.29 is 9.53 Å². The Labute approximate surface area is 78.3 Å². The van der Waals surface area contributed by atoms with E-state index in [9.17, 15) is 4.79 Å². The zero-order valence-electron chi connectivity index (χ0n) is 7.88. The zero-order valence-corrected chi connectivity index (χ0v) is 7.88. The van der Waals surface area contributed by atoms with Gasteiger partial charge in [-0.25, -0.2) is 0 Å². The second kappa shape index (κ2) is 3.46. The number of hydrogen-bond donors (Lipinski definition) is 0. The molecule has 2 aliphatic rings. The molecule has 2 nitrogen and oxygen atoms in total. The van der Waals surface area contributed by atoms with Crippen molar-refractivity contribution in [2.45, 2.75) is 31.8 Å². The highest BCUT2D eigenvalue weighted by molar-refractivity contribution is 5.93. The maximum Gasteiger partial charge on any atom is 0.159 e. The summed E-state index contributed by atoms with van der Waals surface area (Å²) in [5.41, 5.74) is 2.55. The first-order valence-electron chi connectivity index (χ1n) is 4.77. The SMILES string of the molecule is COC1CCCC2=C1C=CC(=O)C2. The number of rotatable bonds is 1. The van der Waals surface area contributed by atoms with Crippen LogP contribution in [0.25, 0.3) is 0 Å².